The minimum absolute atomic E-state index is 0.0441. The van der Waals surface area contributed by atoms with Crippen LogP contribution in [0.4, 0.5) is 0 Å². The molecule has 4 rings (SSSR count). The number of ether oxygens (including phenoxy) is 1. The molecule has 0 radical (unpaired) electrons. The summed E-state index contributed by atoms with van der Waals surface area (Å²) in [5.41, 5.74) is 2.54. The van der Waals surface area contributed by atoms with E-state index in [0.717, 1.165) is 22.4 Å². The van der Waals surface area contributed by atoms with Crippen molar-refractivity contribution >= 4 is 10.0 Å². The van der Waals surface area contributed by atoms with E-state index in [0.29, 0.717) is 11.4 Å². The summed E-state index contributed by atoms with van der Waals surface area (Å²) in [7, 11) is -1.97. The summed E-state index contributed by atoms with van der Waals surface area (Å²) in [5.74, 6) is 0.745. The molecular formula is C22H23NO3S. The third kappa shape index (κ3) is 2.73. The molecule has 0 amide bonds. The van der Waals surface area contributed by atoms with Gasteiger partial charge in [0.1, 0.15) is 5.75 Å². The van der Waals surface area contributed by atoms with Crippen molar-refractivity contribution in [3.63, 3.8) is 0 Å². The molecule has 1 aliphatic heterocycles. The second-order valence-corrected chi connectivity index (χ2v) is 9.13. The van der Waals surface area contributed by atoms with Gasteiger partial charge in [-0.15, -0.1) is 0 Å². The summed E-state index contributed by atoms with van der Waals surface area (Å²) in [6, 6.07) is 14.9. The molecule has 2 aliphatic rings. The molecule has 0 N–H and O–H groups in total. The van der Waals surface area contributed by atoms with E-state index in [2.05, 4.69) is 12.2 Å². The predicted octanol–water partition coefficient (Wildman–Crippen LogP) is 4.05. The van der Waals surface area contributed by atoms with Gasteiger partial charge in [0.05, 0.1) is 17.5 Å². The van der Waals surface area contributed by atoms with Crippen LogP contribution in [0.5, 0.6) is 5.75 Å². The van der Waals surface area contributed by atoms with Crippen LogP contribution in [0.15, 0.2) is 77.2 Å². The second kappa shape index (κ2) is 6.36. The minimum atomic E-state index is -3.61. The molecule has 5 heteroatoms. The van der Waals surface area contributed by atoms with Crippen LogP contribution in [0.25, 0.3) is 0 Å². The highest BCUT2D eigenvalue weighted by Gasteiger charge is 2.52. The van der Waals surface area contributed by atoms with Crippen LogP contribution in [0.2, 0.25) is 0 Å². The molecule has 2 aromatic carbocycles. The van der Waals surface area contributed by atoms with Crippen molar-refractivity contribution in [2.24, 2.45) is 0 Å². The highest BCUT2D eigenvalue weighted by Crippen LogP contribution is 2.50. The summed E-state index contributed by atoms with van der Waals surface area (Å²) in [5, 5.41) is 0. The van der Waals surface area contributed by atoms with Crippen molar-refractivity contribution in [2.75, 3.05) is 13.7 Å². The van der Waals surface area contributed by atoms with Crippen molar-refractivity contribution in [2.45, 2.75) is 30.2 Å². The van der Waals surface area contributed by atoms with E-state index in [1.165, 1.54) is 0 Å². The number of hydrogen-bond acceptors (Lipinski definition) is 3. The Hall–Kier alpha value is -2.37. The first kappa shape index (κ1) is 18.0. The Morgan fingerprint density at radius 1 is 1.07 bits per heavy atom. The molecule has 0 fully saturated rings. The third-order valence-electron chi connectivity index (χ3n) is 5.74. The Balaban J connectivity index is 1.74. The van der Waals surface area contributed by atoms with Gasteiger partial charge in [0.15, 0.2) is 0 Å². The average Bonchev–Trinajstić information content (AvgIpc) is 3.16. The maximum Gasteiger partial charge on any atom is 0.244 e. The maximum atomic E-state index is 13.4. The zero-order valence-corrected chi connectivity index (χ0v) is 16.5. The summed E-state index contributed by atoms with van der Waals surface area (Å²) in [6.07, 6.45) is 6.18. The fourth-order valence-corrected chi connectivity index (χ4v) is 5.84. The van der Waals surface area contributed by atoms with Crippen LogP contribution in [0.3, 0.4) is 0 Å². The first-order chi connectivity index (χ1) is 12.9. The van der Waals surface area contributed by atoms with Crippen molar-refractivity contribution in [1.82, 2.24) is 4.31 Å². The highest BCUT2D eigenvalue weighted by atomic mass is 32.2. The Bertz CT molecular complexity index is 1020. The lowest BCUT2D eigenvalue weighted by atomic mass is 9.82. The smallest absolute Gasteiger partial charge is 0.244 e. The van der Waals surface area contributed by atoms with Gasteiger partial charge in [-0.05, 0) is 49.2 Å². The molecule has 0 saturated carbocycles. The van der Waals surface area contributed by atoms with Crippen molar-refractivity contribution in [3.8, 4) is 5.75 Å². The predicted molar refractivity (Wildman–Crippen MR) is 106 cm³/mol. The third-order valence-corrected chi connectivity index (χ3v) is 7.71. The van der Waals surface area contributed by atoms with Gasteiger partial charge in [-0.3, -0.25) is 0 Å². The van der Waals surface area contributed by atoms with E-state index in [4.69, 9.17) is 4.74 Å². The molecule has 0 aromatic heterocycles. The highest BCUT2D eigenvalue weighted by molar-refractivity contribution is 7.89. The SMILES string of the molecule is COc1ccc([C@@H]2C=CC3=CCN(S(=O)(=O)c4ccc(C)cc4)[C@]32C)cc1. The normalized spacial score (nSPS) is 24.7. The first-order valence-electron chi connectivity index (χ1n) is 8.99. The van der Waals surface area contributed by atoms with Crippen LogP contribution in [-0.2, 0) is 10.0 Å². The van der Waals surface area contributed by atoms with E-state index < -0.39 is 15.6 Å². The minimum Gasteiger partial charge on any atom is -0.497 e. The number of benzene rings is 2. The number of rotatable bonds is 4. The van der Waals surface area contributed by atoms with Gasteiger partial charge in [-0.1, -0.05) is 48.1 Å². The molecule has 1 aliphatic carbocycles. The van der Waals surface area contributed by atoms with Crippen molar-refractivity contribution in [1.29, 1.82) is 0 Å². The lowest BCUT2D eigenvalue weighted by Gasteiger charge is -2.39. The molecule has 0 spiro atoms. The fraction of sp³-hybridized carbons (Fsp3) is 0.273. The largest absolute Gasteiger partial charge is 0.497 e. The fourth-order valence-electron chi connectivity index (χ4n) is 4.11. The number of sulfonamides is 1. The monoisotopic (exact) mass is 381 g/mol. The summed E-state index contributed by atoms with van der Waals surface area (Å²) in [6.45, 7) is 4.36. The molecule has 2 aromatic rings. The van der Waals surface area contributed by atoms with E-state index in [9.17, 15) is 8.42 Å². The van der Waals surface area contributed by atoms with E-state index in [1.807, 2.05) is 56.3 Å². The molecule has 0 bridgehead atoms. The van der Waals surface area contributed by atoms with Gasteiger partial charge in [-0.2, -0.15) is 4.31 Å². The molecule has 140 valence electrons. The van der Waals surface area contributed by atoms with Gasteiger partial charge in [0.2, 0.25) is 10.0 Å². The van der Waals surface area contributed by atoms with Gasteiger partial charge in [0.25, 0.3) is 0 Å². The average molecular weight is 381 g/mol. The maximum absolute atomic E-state index is 13.4. The molecule has 0 unspecified atom stereocenters. The molecule has 0 saturated heterocycles. The molecule has 4 nitrogen and oxygen atoms in total. The van der Waals surface area contributed by atoms with Crippen LogP contribution in [0, 0.1) is 6.92 Å². The van der Waals surface area contributed by atoms with Gasteiger partial charge >= 0.3 is 0 Å². The van der Waals surface area contributed by atoms with Crippen molar-refractivity contribution < 1.29 is 13.2 Å². The standard InChI is InChI=1S/C22H23NO3S/c1-16-4-11-20(12-5-16)27(24,25)23-15-14-18-8-13-21(22(18,23)2)17-6-9-19(26-3)10-7-17/h4-14,21H,15H2,1-3H3/t21-,22+/m0/s1. The van der Waals surface area contributed by atoms with Crippen molar-refractivity contribution in [3.05, 3.63) is 83.5 Å². The summed E-state index contributed by atoms with van der Waals surface area (Å²) >= 11 is 0. The number of nitrogens with zero attached hydrogens (tertiary/aromatic N) is 1. The zero-order chi connectivity index (χ0) is 19.2. The number of hydrogen-bond donors (Lipinski definition) is 0. The molecule has 1 heterocycles. The number of fused-ring (bicyclic) bond motifs is 1. The summed E-state index contributed by atoms with van der Waals surface area (Å²) in [4.78, 5) is 0.337. The van der Waals surface area contributed by atoms with Gasteiger partial charge in [0, 0.05) is 12.5 Å². The van der Waals surface area contributed by atoms with Crippen LogP contribution >= 0.6 is 0 Å². The topological polar surface area (TPSA) is 46.6 Å². The number of methoxy groups -OCH3 is 1. The first-order valence-corrected chi connectivity index (χ1v) is 10.4. The van der Waals surface area contributed by atoms with E-state index in [1.54, 1.807) is 23.5 Å². The van der Waals surface area contributed by atoms with Gasteiger partial charge < -0.3 is 4.74 Å². The van der Waals surface area contributed by atoms with E-state index in [-0.39, 0.29) is 5.92 Å². The van der Waals surface area contributed by atoms with Crippen LogP contribution < -0.4 is 4.74 Å². The van der Waals surface area contributed by atoms with Gasteiger partial charge in [-0.25, -0.2) is 8.42 Å². The Labute approximate surface area is 160 Å². The quantitative estimate of drug-likeness (QED) is 0.803. The molecule has 2 atom stereocenters. The Kier molecular flexibility index (Phi) is 4.24. The van der Waals surface area contributed by atoms with E-state index >= 15 is 0 Å². The van der Waals surface area contributed by atoms with Crippen LogP contribution in [-0.4, -0.2) is 31.9 Å². The Morgan fingerprint density at radius 3 is 2.37 bits per heavy atom. The number of aryl methyl sites for hydroxylation is 1. The molecule has 27 heavy (non-hydrogen) atoms. The molecular weight excluding hydrogens is 358 g/mol. The Morgan fingerprint density at radius 2 is 1.74 bits per heavy atom. The second-order valence-electron chi connectivity index (χ2n) is 7.27. The summed E-state index contributed by atoms with van der Waals surface area (Å²) < 4.78 is 33.7. The van der Waals surface area contributed by atoms with Crippen LogP contribution in [0.1, 0.15) is 24.0 Å². The lowest BCUT2D eigenvalue weighted by Crippen LogP contribution is -2.49. The lowest BCUT2D eigenvalue weighted by molar-refractivity contribution is 0.276. The zero-order valence-electron chi connectivity index (χ0n) is 15.7.